The van der Waals surface area contributed by atoms with Gasteiger partial charge in [-0.1, -0.05) is 0 Å². The summed E-state index contributed by atoms with van der Waals surface area (Å²) in [6.07, 6.45) is 1.89. The Bertz CT molecular complexity index is 384. The van der Waals surface area contributed by atoms with E-state index >= 15 is 0 Å². The molecule has 0 radical (unpaired) electrons. The first-order valence-electron chi connectivity index (χ1n) is 4.58. The molecule has 0 unspecified atom stereocenters. The van der Waals surface area contributed by atoms with Crippen LogP contribution in [0.1, 0.15) is 30.2 Å². The number of ether oxygens (including phenoxy) is 1. The zero-order chi connectivity index (χ0) is 10.1. The zero-order valence-electron chi connectivity index (χ0n) is 8.03. The Morgan fingerprint density at radius 2 is 2.50 bits per heavy atom. The molecule has 0 aliphatic carbocycles. The molecule has 1 fully saturated rings. The molecule has 0 saturated carbocycles. The van der Waals surface area contributed by atoms with Crippen LogP contribution >= 0.6 is 0 Å². The first-order valence-corrected chi connectivity index (χ1v) is 4.58. The summed E-state index contributed by atoms with van der Waals surface area (Å²) in [4.78, 5) is 0. The number of nitriles is 1. The van der Waals surface area contributed by atoms with Gasteiger partial charge in [0, 0.05) is 13.7 Å². The van der Waals surface area contributed by atoms with Gasteiger partial charge in [0.05, 0.1) is 0 Å². The summed E-state index contributed by atoms with van der Waals surface area (Å²) < 4.78 is 6.99. The van der Waals surface area contributed by atoms with Crippen LogP contribution in [0.4, 0.5) is 5.82 Å². The molecule has 1 saturated heterocycles. The predicted octanol–water partition coefficient (Wildman–Crippen LogP) is 0.725. The minimum absolute atomic E-state index is 0.0480. The lowest BCUT2D eigenvalue weighted by Crippen LogP contribution is -2.00. The van der Waals surface area contributed by atoms with Crippen molar-refractivity contribution in [3.8, 4) is 6.07 Å². The fourth-order valence-corrected chi connectivity index (χ4v) is 1.69. The van der Waals surface area contributed by atoms with Gasteiger partial charge in [0.15, 0.2) is 0 Å². The summed E-state index contributed by atoms with van der Waals surface area (Å²) in [7, 11) is 1.73. The minimum atomic E-state index is -0.0480. The van der Waals surface area contributed by atoms with Gasteiger partial charge in [0.2, 0.25) is 0 Å². The third kappa shape index (κ3) is 1.24. The van der Waals surface area contributed by atoms with Crippen LogP contribution in [-0.2, 0) is 11.8 Å². The number of hydrogen-bond acceptors (Lipinski definition) is 4. The van der Waals surface area contributed by atoms with Crippen LogP contribution in [0.3, 0.4) is 0 Å². The van der Waals surface area contributed by atoms with Crippen molar-refractivity contribution in [1.82, 2.24) is 9.78 Å². The zero-order valence-corrected chi connectivity index (χ0v) is 8.03. The monoisotopic (exact) mass is 192 g/mol. The fourth-order valence-electron chi connectivity index (χ4n) is 1.69. The van der Waals surface area contributed by atoms with Gasteiger partial charge in [-0.15, -0.1) is 0 Å². The van der Waals surface area contributed by atoms with Gasteiger partial charge < -0.3 is 10.5 Å². The van der Waals surface area contributed by atoms with Crippen LogP contribution in [-0.4, -0.2) is 16.4 Å². The van der Waals surface area contributed by atoms with Crippen molar-refractivity contribution >= 4 is 5.82 Å². The van der Waals surface area contributed by atoms with Crippen LogP contribution < -0.4 is 5.73 Å². The highest BCUT2D eigenvalue weighted by molar-refractivity contribution is 5.52. The maximum atomic E-state index is 8.93. The van der Waals surface area contributed by atoms with E-state index in [1.54, 1.807) is 7.05 Å². The molecule has 1 aromatic heterocycles. The van der Waals surface area contributed by atoms with Gasteiger partial charge in [0.1, 0.15) is 29.2 Å². The summed E-state index contributed by atoms with van der Waals surface area (Å²) >= 11 is 0. The van der Waals surface area contributed by atoms with Crippen LogP contribution in [0.25, 0.3) is 0 Å². The number of nitrogen functional groups attached to an aromatic ring is 1. The van der Waals surface area contributed by atoms with E-state index in [0.29, 0.717) is 17.1 Å². The predicted molar refractivity (Wildman–Crippen MR) is 50.3 cm³/mol. The van der Waals surface area contributed by atoms with E-state index in [2.05, 4.69) is 11.2 Å². The summed E-state index contributed by atoms with van der Waals surface area (Å²) in [6.45, 7) is 0.742. The molecule has 1 aromatic rings. The van der Waals surface area contributed by atoms with Crippen molar-refractivity contribution in [3.05, 3.63) is 11.3 Å². The standard InChI is InChI=1S/C9H12N4O/c1-13-9(11)6(5-10)8(12-13)7-3-2-4-14-7/h7H,2-4,11H2,1H3/t7-/m0/s1. The van der Waals surface area contributed by atoms with Crippen LogP contribution in [0, 0.1) is 11.3 Å². The maximum absolute atomic E-state index is 8.93. The Balaban J connectivity index is 2.42. The number of nitrogens with two attached hydrogens (primary N) is 1. The number of aromatic nitrogens is 2. The fraction of sp³-hybridized carbons (Fsp3) is 0.556. The largest absolute Gasteiger partial charge is 0.383 e. The summed E-state index contributed by atoms with van der Waals surface area (Å²) in [5, 5.41) is 13.1. The van der Waals surface area contributed by atoms with Gasteiger partial charge in [-0.25, -0.2) is 0 Å². The number of aryl methyl sites for hydroxylation is 1. The highest BCUT2D eigenvalue weighted by Gasteiger charge is 2.25. The van der Waals surface area contributed by atoms with Gasteiger partial charge in [-0.05, 0) is 12.8 Å². The van der Waals surface area contributed by atoms with Gasteiger partial charge in [0.25, 0.3) is 0 Å². The third-order valence-corrected chi connectivity index (χ3v) is 2.47. The highest BCUT2D eigenvalue weighted by Crippen LogP contribution is 2.31. The molecule has 5 nitrogen and oxygen atoms in total. The molecule has 2 heterocycles. The van der Waals surface area contributed by atoms with E-state index in [0.717, 1.165) is 19.4 Å². The van der Waals surface area contributed by atoms with Gasteiger partial charge in [-0.3, -0.25) is 4.68 Å². The smallest absolute Gasteiger partial charge is 0.139 e. The van der Waals surface area contributed by atoms with Crippen molar-refractivity contribution in [2.24, 2.45) is 7.05 Å². The molecule has 0 aromatic carbocycles. The molecule has 1 atom stereocenters. The number of hydrogen-bond donors (Lipinski definition) is 1. The normalized spacial score (nSPS) is 21.0. The molecule has 0 bridgehead atoms. The molecular formula is C9H12N4O. The summed E-state index contributed by atoms with van der Waals surface area (Å²) in [5.74, 6) is 0.415. The Labute approximate surface area is 82.1 Å². The van der Waals surface area contributed by atoms with E-state index in [1.165, 1.54) is 4.68 Å². The molecule has 5 heteroatoms. The summed E-state index contributed by atoms with van der Waals surface area (Å²) in [6, 6.07) is 2.07. The first kappa shape index (κ1) is 9.03. The molecule has 1 aliphatic heterocycles. The van der Waals surface area contributed by atoms with Crippen LogP contribution in [0.15, 0.2) is 0 Å². The second-order valence-electron chi connectivity index (χ2n) is 3.38. The van der Waals surface area contributed by atoms with Crippen molar-refractivity contribution in [3.63, 3.8) is 0 Å². The number of nitrogens with zero attached hydrogens (tertiary/aromatic N) is 3. The third-order valence-electron chi connectivity index (χ3n) is 2.47. The van der Waals surface area contributed by atoms with Gasteiger partial charge in [-0.2, -0.15) is 10.4 Å². The quantitative estimate of drug-likeness (QED) is 0.711. The molecule has 0 spiro atoms. The van der Waals surface area contributed by atoms with Crippen molar-refractivity contribution in [1.29, 1.82) is 5.26 Å². The molecule has 2 N–H and O–H groups in total. The van der Waals surface area contributed by atoms with Crippen LogP contribution in [0.5, 0.6) is 0 Å². The molecule has 14 heavy (non-hydrogen) atoms. The first-order chi connectivity index (χ1) is 6.74. The van der Waals surface area contributed by atoms with Crippen molar-refractivity contribution < 1.29 is 4.74 Å². The summed E-state index contributed by atoms with van der Waals surface area (Å²) in [5.41, 5.74) is 6.85. The Kier molecular flexibility index (Phi) is 2.14. The minimum Gasteiger partial charge on any atom is -0.383 e. The Morgan fingerprint density at radius 3 is 3.07 bits per heavy atom. The van der Waals surface area contributed by atoms with Crippen molar-refractivity contribution in [2.75, 3.05) is 12.3 Å². The van der Waals surface area contributed by atoms with E-state index in [-0.39, 0.29) is 6.10 Å². The Hall–Kier alpha value is -1.54. The average Bonchev–Trinajstić information content (AvgIpc) is 2.76. The van der Waals surface area contributed by atoms with Crippen LogP contribution in [0.2, 0.25) is 0 Å². The molecule has 1 aliphatic rings. The molecule has 74 valence electrons. The van der Waals surface area contributed by atoms with E-state index in [1.807, 2.05) is 0 Å². The van der Waals surface area contributed by atoms with E-state index in [4.69, 9.17) is 15.7 Å². The van der Waals surface area contributed by atoms with E-state index < -0.39 is 0 Å². The molecule has 0 amide bonds. The van der Waals surface area contributed by atoms with Crippen molar-refractivity contribution in [2.45, 2.75) is 18.9 Å². The second-order valence-corrected chi connectivity index (χ2v) is 3.38. The second kappa shape index (κ2) is 3.31. The molecular weight excluding hydrogens is 180 g/mol. The SMILES string of the molecule is Cn1nc([C@@H]2CCCO2)c(C#N)c1N. The maximum Gasteiger partial charge on any atom is 0.139 e. The number of anilines is 1. The van der Waals surface area contributed by atoms with Gasteiger partial charge >= 0.3 is 0 Å². The van der Waals surface area contributed by atoms with E-state index in [9.17, 15) is 0 Å². The highest BCUT2D eigenvalue weighted by atomic mass is 16.5. The molecule has 2 rings (SSSR count). The lowest BCUT2D eigenvalue weighted by atomic mass is 10.1. The lowest BCUT2D eigenvalue weighted by Gasteiger charge is -2.04. The topological polar surface area (TPSA) is 76.9 Å². The lowest BCUT2D eigenvalue weighted by molar-refractivity contribution is 0.108. The average molecular weight is 192 g/mol. The number of rotatable bonds is 1. The Morgan fingerprint density at radius 1 is 1.71 bits per heavy atom.